The molecule has 522 valence electrons. The number of hydrogen-bond acceptors (Lipinski definition) is 10. The molecule has 1 saturated heterocycles. The molecule has 7 atom stereocenters. The second kappa shape index (κ2) is 67.3. The van der Waals surface area contributed by atoms with Gasteiger partial charge < -0.3 is 45.1 Å². The summed E-state index contributed by atoms with van der Waals surface area (Å²) in [6, 6.07) is -0.834. The lowest BCUT2D eigenvalue weighted by atomic mass is 9.99. The molecule has 1 aliphatic rings. The van der Waals surface area contributed by atoms with Crippen molar-refractivity contribution in [2.45, 2.75) is 384 Å². The largest absolute Gasteiger partial charge is 0.466 e. The summed E-state index contributed by atoms with van der Waals surface area (Å²) in [5, 5.41) is 54.3. The van der Waals surface area contributed by atoms with Crippen LogP contribution in [0.3, 0.4) is 0 Å². The highest BCUT2D eigenvalue weighted by Crippen LogP contribution is 2.23. The maximum atomic E-state index is 13.0. The van der Waals surface area contributed by atoms with Crippen molar-refractivity contribution < 1.29 is 49.3 Å². The number of amides is 1. The van der Waals surface area contributed by atoms with Gasteiger partial charge in [0.15, 0.2) is 6.29 Å². The van der Waals surface area contributed by atoms with Crippen LogP contribution in [0.15, 0.2) is 85.1 Å². The first-order valence-corrected chi connectivity index (χ1v) is 37.9. The van der Waals surface area contributed by atoms with E-state index in [4.69, 9.17) is 14.2 Å². The molecule has 7 unspecified atom stereocenters. The number of esters is 1. The van der Waals surface area contributed by atoms with Gasteiger partial charge in [-0.25, -0.2) is 0 Å². The van der Waals surface area contributed by atoms with Crippen molar-refractivity contribution in [3.8, 4) is 0 Å². The zero-order valence-corrected chi connectivity index (χ0v) is 58.1. The van der Waals surface area contributed by atoms with Crippen LogP contribution >= 0.6 is 0 Å². The molecule has 11 nitrogen and oxygen atoms in total. The van der Waals surface area contributed by atoms with Gasteiger partial charge in [0.25, 0.3) is 0 Å². The zero-order valence-electron chi connectivity index (χ0n) is 58.1. The molecule has 0 saturated carbocycles. The van der Waals surface area contributed by atoms with Crippen molar-refractivity contribution in [1.82, 2.24) is 5.32 Å². The lowest BCUT2D eigenvalue weighted by molar-refractivity contribution is -0.302. The molecular formula is C79H141NO10. The van der Waals surface area contributed by atoms with Crippen LogP contribution in [0.1, 0.15) is 341 Å². The van der Waals surface area contributed by atoms with Gasteiger partial charge in [-0.2, -0.15) is 0 Å². The number of rotatable bonds is 66. The van der Waals surface area contributed by atoms with E-state index in [0.29, 0.717) is 19.4 Å². The Hall–Kier alpha value is -3.16. The van der Waals surface area contributed by atoms with E-state index in [1.165, 1.54) is 231 Å². The first-order chi connectivity index (χ1) is 44.2. The van der Waals surface area contributed by atoms with Crippen molar-refractivity contribution >= 4 is 11.9 Å². The topological polar surface area (TPSA) is 175 Å². The molecule has 0 bridgehead atoms. The first kappa shape index (κ1) is 84.9. The van der Waals surface area contributed by atoms with E-state index in [1.807, 2.05) is 6.08 Å². The monoisotopic (exact) mass is 1260 g/mol. The van der Waals surface area contributed by atoms with Gasteiger partial charge in [-0.05, 0) is 116 Å². The van der Waals surface area contributed by atoms with E-state index in [2.05, 4.69) is 92.1 Å². The van der Waals surface area contributed by atoms with E-state index in [-0.39, 0.29) is 18.5 Å². The minimum atomic E-state index is -1.58. The second-order valence-electron chi connectivity index (χ2n) is 25.9. The SMILES string of the molecule is CC/C=C/CC/C=C/CC/C=C/C(O)C(COC1OC(CO)C(O)C(O)C1O)NC(=O)CCCCCCCCCCCCCCCCCCC/C=C\C/C=C\CCCCCCCCCCCCCOC(=O)CCCCCCCCC/C=C\C/C=C\CCCCC. The molecule has 0 aromatic carbocycles. The standard InChI is InChI=1S/C79H141NO10/c1-3-5-7-9-11-13-15-16-17-37-41-44-47-51-55-59-63-67-75(84)88-68-64-60-56-52-48-45-42-39-36-34-32-30-28-26-24-22-20-18-19-21-23-25-27-29-31-33-35-38-40-43-46-50-54-58-62-66-74(83)80-71(70-89-79-78(87)77(86)76(85)73(69-81)90-79)72(82)65-61-57-53-49-14-12-10-8-6-4-2/h6,8,11,13-14,16-17,20,22,26,28,49,61,65,71-73,76-79,81-82,85-87H,3-5,7,9-10,12,15,18-19,21,23-25,27,29-48,50-60,62-64,66-70H2,1-2H3,(H,80,83)/b8-6+,13-11-,17-16-,22-20-,28-26-,49-14+,65-61+. The molecule has 1 rings (SSSR count). The van der Waals surface area contributed by atoms with Crippen LogP contribution in [0, 0.1) is 0 Å². The number of aliphatic hydroxyl groups excluding tert-OH is 5. The molecule has 1 heterocycles. The fourth-order valence-electron chi connectivity index (χ4n) is 11.5. The van der Waals surface area contributed by atoms with E-state index < -0.39 is 49.5 Å². The average Bonchev–Trinajstić information content (AvgIpc) is 1.78. The Kier molecular flexibility index (Phi) is 63.4. The van der Waals surface area contributed by atoms with Gasteiger partial charge in [0.2, 0.25) is 5.91 Å². The van der Waals surface area contributed by atoms with Crippen LogP contribution in [0.5, 0.6) is 0 Å². The molecule has 1 fully saturated rings. The van der Waals surface area contributed by atoms with Crippen LogP contribution in [0.4, 0.5) is 0 Å². The lowest BCUT2D eigenvalue weighted by Crippen LogP contribution is -2.60. The smallest absolute Gasteiger partial charge is 0.305 e. The molecule has 0 aliphatic carbocycles. The number of ether oxygens (including phenoxy) is 3. The number of hydrogen-bond donors (Lipinski definition) is 6. The van der Waals surface area contributed by atoms with Gasteiger partial charge in [0.1, 0.15) is 24.4 Å². The summed E-state index contributed by atoms with van der Waals surface area (Å²) in [6.07, 6.45) is 83.3. The molecule has 0 aromatic rings. The van der Waals surface area contributed by atoms with Crippen LogP contribution in [-0.4, -0.2) is 100 Å². The summed E-state index contributed by atoms with van der Waals surface area (Å²) >= 11 is 0. The maximum Gasteiger partial charge on any atom is 0.305 e. The van der Waals surface area contributed by atoms with Crippen molar-refractivity contribution in [1.29, 1.82) is 0 Å². The number of nitrogens with one attached hydrogen (secondary N) is 1. The van der Waals surface area contributed by atoms with Gasteiger partial charge in [0, 0.05) is 12.8 Å². The van der Waals surface area contributed by atoms with Gasteiger partial charge in [-0.1, -0.05) is 298 Å². The third kappa shape index (κ3) is 55.3. The minimum absolute atomic E-state index is 0.00152. The Balaban J connectivity index is 1.90. The van der Waals surface area contributed by atoms with Gasteiger partial charge >= 0.3 is 5.97 Å². The average molecular weight is 1260 g/mol. The third-order valence-electron chi connectivity index (χ3n) is 17.4. The summed E-state index contributed by atoms with van der Waals surface area (Å²) in [5.74, 6) is -0.195. The molecule has 1 aliphatic heterocycles. The predicted octanol–water partition coefficient (Wildman–Crippen LogP) is 20.0. The summed E-state index contributed by atoms with van der Waals surface area (Å²) in [5.41, 5.74) is 0. The molecule has 11 heteroatoms. The highest BCUT2D eigenvalue weighted by Gasteiger charge is 2.44. The maximum absolute atomic E-state index is 13.0. The van der Waals surface area contributed by atoms with E-state index in [0.717, 1.165) is 83.5 Å². The molecular weight excluding hydrogens is 1120 g/mol. The zero-order chi connectivity index (χ0) is 65.1. The number of allylic oxidation sites excluding steroid dienone is 13. The molecule has 0 spiro atoms. The normalized spacial score (nSPS) is 18.1. The van der Waals surface area contributed by atoms with Gasteiger partial charge in [-0.15, -0.1) is 0 Å². The van der Waals surface area contributed by atoms with Crippen LogP contribution in [0.2, 0.25) is 0 Å². The Labute approximate surface area is 553 Å². The van der Waals surface area contributed by atoms with Gasteiger partial charge in [-0.3, -0.25) is 9.59 Å². The van der Waals surface area contributed by atoms with E-state index in [1.54, 1.807) is 6.08 Å². The summed E-state index contributed by atoms with van der Waals surface area (Å²) in [4.78, 5) is 25.1. The molecule has 0 aromatic heterocycles. The first-order valence-electron chi connectivity index (χ1n) is 37.9. The van der Waals surface area contributed by atoms with Crippen molar-refractivity contribution in [3.05, 3.63) is 85.1 Å². The Morgan fingerprint density at radius 2 is 0.789 bits per heavy atom. The van der Waals surface area contributed by atoms with Crippen LogP contribution < -0.4 is 5.32 Å². The highest BCUT2D eigenvalue weighted by atomic mass is 16.7. The van der Waals surface area contributed by atoms with Gasteiger partial charge in [0.05, 0.1) is 32.0 Å². The Morgan fingerprint density at radius 3 is 1.21 bits per heavy atom. The molecule has 0 radical (unpaired) electrons. The van der Waals surface area contributed by atoms with E-state index >= 15 is 0 Å². The minimum Gasteiger partial charge on any atom is -0.466 e. The van der Waals surface area contributed by atoms with Crippen LogP contribution in [-0.2, 0) is 23.8 Å². The lowest BCUT2D eigenvalue weighted by Gasteiger charge is -2.40. The summed E-state index contributed by atoms with van der Waals surface area (Å²) in [7, 11) is 0. The Morgan fingerprint density at radius 1 is 0.422 bits per heavy atom. The van der Waals surface area contributed by atoms with Crippen molar-refractivity contribution in [2.24, 2.45) is 0 Å². The third-order valence-corrected chi connectivity index (χ3v) is 17.4. The number of carbonyl (C=O) groups is 2. The summed E-state index contributed by atoms with van der Waals surface area (Å²) < 4.78 is 16.7. The van der Waals surface area contributed by atoms with E-state index in [9.17, 15) is 35.1 Å². The van der Waals surface area contributed by atoms with Crippen molar-refractivity contribution in [2.75, 3.05) is 19.8 Å². The number of aliphatic hydroxyl groups is 5. The number of unbranched alkanes of at least 4 members (excludes halogenated alkanes) is 40. The molecule has 1 amide bonds. The fourth-order valence-corrected chi connectivity index (χ4v) is 11.5. The fraction of sp³-hybridized carbons (Fsp3) is 0.797. The second-order valence-corrected chi connectivity index (χ2v) is 25.9. The summed E-state index contributed by atoms with van der Waals surface area (Å²) in [6.45, 7) is 4.19. The predicted molar refractivity (Wildman–Crippen MR) is 379 cm³/mol. The molecule has 90 heavy (non-hydrogen) atoms. The highest BCUT2D eigenvalue weighted by molar-refractivity contribution is 5.76. The Bertz CT molecular complexity index is 1770. The quantitative estimate of drug-likeness (QED) is 0.0195. The number of carbonyl (C=O) groups excluding carboxylic acids is 2. The van der Waals surface area contributed by atoms with Crippen LogP contribution in [0.25, 0.3) is 0 Å². The van der Waals surface area contributed by atoms with Crippen molar-refractivity contribution in [3.63, 3.8) is 0 Å². The molecule has 6 N–H and O–H groups in total.